The van der Waals surface area contributed by atoms with Gasteiger partial charge in [0.1, 0.15) is 0 Å². The molecule has 0 heterocycles. The summed E-state index contributed by atoms with van der Waals surface area (Å²) >= 11 is 3.38. The molecule has 1 nitrogen and oxygen atoms in total. The second-order valence-electron chi connectivity index (χ2n) is 4.61. The highest BCUT2D eigenvalue weighted by Gasteiger charge is 2.14. The van der Waals surface area contributed by atoms with Crippen LogP contribution in [0.2, 0.25) is 0 Å². The van der Waals surface area contributed by atoms with E-state index in [4.69, 9.17) is 0 Å². The molecule has 0 N–H and O–H groups in total. The molecule has 2 aromatic rings. The molecule has 0 amide bonds. The van der Waals surface area contributed by atoms with Crippen LogP contribution in [0.3, 0.4) is 0 Å². The van der Waals surface area contributed by atoms with Crippen molar-refractivity contribution >= 4 is 21.7 Å². The highest BCUT2D eigenvalue weighted by molar-refractivity contribution is 9.10. The highest BCUT2D eigenvalue weighted by Crippen LogP contribution is 2.21. The quantitative estimate of drug-likeness (QED) is 0.741. The Hall–Kier alpha value is -1.41. The van der Waals surface area contributed by atoms with Crippen molar-refractivity contribution in [1.82, 2.24) is 0 Å². The number of carbonyl (C=O) groups excluding carboxylic acids is 1. The lowest BCUT2D eigenvalue weighted by molar-refractivity contribution is 0.103. The Morgan fingerprint density at radius 2 is 1.44 bits per heavy atom. The normalized spacial score (nSPS) is 10.4. The van der Waals surface area contributed by atoms with Gasteiger partial charge >= 0.3 is 0 Å². The van der Waals surface area contributed by atoms with Crippen LogP contribution >= 0.6 is 15.9 Å². The maximum absolute atomic E-state index is 12.5. The van der Waals surface area contributed by atoms with E-state index in [0.717, 1.165) is 26.7 Å². The number of hydrogen-bond donors (Lipinski definition) is 0. The van der Waals surface area contributed by atoms with Crippen LogP contribution in [0.15, 0.2) is 40.9 Å². The Morgan fingerprint density at radius 3 is 1.94 bits per heavy atom. The number of aryl methyl sites for hydroxylation is 3. The van der Waals surface area contributed by atoms with Gasteiger partial charge < -0.3 is 0 Å². The molecule has 0 spiro atoms. The van der Waals surface area contributed by atoms with E-state index >= 15 is 0 Å². The van der Waals surface area contributed by atoms with Gasteiger partial charge in [-0.05, 0) is 56.2 Å². The smallest absolute Gasteiger partial charge is 0.193 e. The first kappa shape index (κ1) is 13.0. The van der Waals surface area contributed by atoms with E-state index in [2.05, 4.69) is 28.1 Å². The second kappa shape index (κ2) is 5.07. The Labute approximate surface area is 116 Å². The monoisotopic (exact) mass is 302 g/mol. The van der Waals surface area contributed by atoms with Crippen molar-refractivity contribution in [1.29, 1.82) is 0 Å². The maximum atomic E-state index is 12.5. The number of hydrogen-bond acceptors (Lipinski definition) is 1. The molecular formula is C16H15BrO. The fraction of sp³-hybridized carbons (Fsp3) is 0.188. The lowest BCUT2D eigenvalue weighted by Crippen LogP contribution is -2.06. The number of carbonyl (C=O) groups is 1. The molecule has 2 rings (SSSR count). The van der Waals surface area contributed by atoms with Gasteiger partial charge in [0.05, 0.1) is 0 Å². The highest BCUT2D eigenvalue weighted by atomic mass is 79.9. The first-order chi connectivity index (χ1) is 8.49. The van der Waals surface area contributed by atoms with Gasteiger partial charge in [0.15, 0.2) is 5.78 Å². The van der Waals surface area contributed by atoms with Crippen molar-refractivity contribution < 1.29 is 4.79 Å². The van der Waals surface area contributed by atoms with E-state index in [9.17, 15) is 4.79 Å². The third-order valence-corrected chi connectivity index (χ3v) is 3.54. The fourth-order valence-electron chi connectivity index (χ4n) is 2.28. The average molecular weight is 303 g/mol. The van der Waals surface area contributed by atoms with E-state index in [-0.39, 0.29) is 5.78 Å². The minimum atomic E-state index is 0.0949. The van der Waals surface area contributed by atoms with Gasteiger partial charge in [0, 0.05) is 15.6 Å². The van der Waals surface area contributed by atoms with E-state index < -0.39 is 0 Å². The van der Waals surface area contributed by atoms with Crippen molar-refractivity contribution in [3.8, 4) is 0 Å². The Morgan fingerprint density at radius 1 is 0.944 bits per heavy atom. The van der Waals surface area contributed by atoms with Gasteiger partial charge in [-0.3, -0.25) is 4.79 Å². The summed E-state index contributed by atoms with van der Waals surface area (Å²) in [7, 11) is 0. The Kier molecular flexibility index (Phi) is 3.67. The van der Waals surface area contributed by atoms with Crippen LogP contribution < -0.4 is 0 Å². The number of benzene rings is 2. The van der Waals surface area contributed by atoms with Crippen molar-refractivity contribution in [2.75, 3.05) is 0 Å². The SMILES string of the molecule is Cc1cc(C)c(C(=O)c2ccc(Br)cc2)c(C)c1. The summed E-state index contributed by atoms with van der Waals surface area (Å²) in [6.07, 6.45) is 0. The van der Waals surface area contributed by atoms with Crippen LogP contribution in [0.25, 0.3) is 0 Å². The van der Waals surface area contributed by atoms with Crippen LogP contribution in [-0.2, 0) is 0 Å². The summed E-state index contributed by atoms with van der Waals surface area (Å²) in [6, 6.07) is 11.6. The Balaban J connectivity index is 2.49. The summed E-state index contributed by atoms with van der Waals surface area (Å²) in [5, 5.41) is 0. The van der Waals surface area contributed by atoms with Gasteiger partial charge in [0.2, 0.25) is 0 Å². The second-order valence-corrected chi connectivity index (χ2v) is 5.53. The summed E-state index contributed by atoms with van der Waals surface area (Å²) in [5.74, 6) is 0.0949. The van der Waals surface area contributed by atoms with Crippen molar-refractivity contribution in [2.24, 2.45) is 0 Å². The minimum Gasteiger partial charge on any atom is -0.289 e. The zero-order valence-corrected chi connectivity index (χ0v) is 12.3. The predicted molar refractivity (Wildman–Crippen MR) is 78.2 cm³/mol. The van der Waals surface area contributed by atoms with Gasteiger partial charge in [0.25, 0.3) is 0 Å². The predicted octanol–water partition coefficient (Wildman–Crippen LogP) is 4.61. The molecule has 2 aromatic carbocycles. The van der Waals surface area contributed by atoms with Gasteiger partial charge in [-0.15, -0.1) is 0 Å². The number of halogens is 1. The molecule has 0 aliphatic heterocycles. The molecule has 18 heavy (non-hydrogen) atoms. The third kappa shape index (κ3) is 2.54. The zero-order valence-electron chi connectivity index (χ0n) is 10.8. The summed E-state index contributed by atoms with van der Waals surface area (Å²) in [4.78, 5) is 12.5. The standard InChI is InChI=1S/C16H15BrO/c1-10-8-11(2)15(12(3)9-10)16(18)13-4-6-14(17)7-5-13/h4-9H,1-3H3. The zero-order chi connectivity index (χ0) is 13.3. The number of rotatable bonds is 2. The van der Waals surface area contributed by atoms with Gasteiger partial charge in [-0.1, -0.05) is 33.6 Å². The molecular weight excluding hydrogens is 288 g/mol. The largest absolute Gasteiger partial charge is 0.289 e. The van der Waals surface area contributed by atoms with Crippen molar-refractivity contribution in [2.45, 2.75) is 20.8 Å². The lowest BCUT2D eigenvalue weighted by atomic mass is 9.93. The van der Waals surface area contributed by atoms with Crippen LogP contribution in [0.1, 0.15) is 32.6 Å². The molecule has 92 valence electrons. The minimum absolute atomic E-state index is 0.0949. The molecule has 0 aromatic heterocycles. The van der Waals surface area contributed by atoms with E-state index in [1.54, 1.807) is 0 Å². The number of ketones is 1. The van der Waals surface area contributed by atoms with Crippen molar-refractivity contribution in [3.05, 3.63) is 68.7 Å². The molecule has 0 radical (unpaired) electrons. The van der Waals surface area contributed by atoms with E-state index in [1.807, 2.05) is 45.0 Å². The fourth-order valence-corrected chi connectivity index (χ4v) is 2.55. The molecule has 0 unspecified atom stereocenters. The maximum Gasteiger partial charge on any atom is 0.193 e. The molecule has 0 atom stereocenters. The van der Waals surface area contributed by atoms with Crippen LogP contribution in [-0.4, -0.2) is 5.78 Å². The molecule has 0 bridgehead atoms. The molecule has 0 aliphatic carbocycles. The average Bonchev–Trinajstić information content (AvgIpc) is 2.28. The first-order valence-corrected chi connectivity index (χ1v) is 6.66. The summed E-state index contributed by atoms with van der Waals surface area (Å²) in [6.45, 7) is 6.03. The van der Waals surface area contributed by atoms with Gasteiger partial charge in [-0.25, -0.2) is 0 Å². The third-order valence-electron chi connectivity index (χ3n) is 3.01. The first-order valence-electron chi connectivity index (χ1n) is 5.87. The summed E-state index contributed by atoms with van der Waals surface area (Å²) in [5.41, 5.74) is 4.83. The van der Waals surface area contributed by atoms with E-state index in [0.29, 0.717) is 0 Å². The van der Waals surface area contributed by atoms with E-state index in [1.165, 1.54) is 5.56 Å². The molecule has 0 saturated carbocycles. The van der Waals surface area contributed by atoms with Crippen LogP contribution in [0.5, 0.6) is 0 Å². The molecule has 0 saturated heterocycles. The Bertz CT molecular complexity index is 574. The van der Waals surface area contributed by atoms with Crippen LogP contribution in [0, 0.1) is 20.8 Å². The molecule has 2 heteroatoms. The lowest BCUT2D eigenvalue weighted by Gasteiger charge is -2.10. The van der Waals surface area contributed by atoms with Gasteiger partial charge in [-0.2, -0.15) is 0 Å². The summed E-state index contributed by atoms with van der Waals surface area (Å²) < 4.78 is 0.983. The molecule has 0 aliphatic rings. The van der Waals surface area contributed by atoms with Crippen LogP contribution in [0.4, 0.5) is 0 Å². The molecule has 0 fully saturated rings. The van der Waals surface area contributed by atoms with Crippen molar-refractivity contribution in [3.63, 3.8) is 0 Å². The topological polar surface area (TPSA) is 17.1 Å².